The highest BCUT2D eigenvalue weighted by atomic mass is 16.5. The number of pyridine rings is 1. The maximum Gasteiger partial charge on any atom is 0.273 e. The topological polar surface area (TPSA) is 79.9 Å². The standard InChI is InChI=1S/C16H14N4O2/c1-22-13-6-4-12(5-7-13)18-16(21)15-9-14(19-20-15)11-3-2-8-17-10-11/h2-10H,1H3,(H,18,21)(H,19,20). The van der Waals surface area contributed by atoms with Crippen molar-refractivity contribution in [3.63, 3.8) is 0 Å². The highest BCUT2D eigenvalue weighted by Crippen LogP contribution is 2.18. The van der Waals surface area contributed by atoms with E-state index in [4.69, 9.17) is 4.74 Å². The monoisotopic (exact) mass is 294 g/mol. The van der Waals surface area contributed by atoms with E-state index < -0.39 is 0 Å². The molecule has 0 spiro atoms. The molecule has 2 N–H and O–H groups in total. The van der Waals surface area contributed by atoms with Crippen molar-refractivity contribution in [2.75, 3.05) is 12.4 Å². The average Bonchev–Trinajstić information content (AvgIpc) is 3.06. The number of H-pyrrole nitrogens is 1. The van der Waals surface area contributed by atoms with Crippen LogP contribution in [0.5, 0.6) is 5.75 Å². The Hall–Kier alpha value is -3.15. The first-order valence-corrected chi connectivity index (χ1v) is 6.67. The lowest BCUT2D eigenvalue weighted by Gasteiger charge is -2.04. The second kappa shape index (κ2) is 6.09. The van der Waals surface area contributed by atoms with Gasteiger partial charge in [-0.1, -0.05) is 0 Å². The number of ether oxygens (including phenoxy) is 1. The maximum absolute atomic E-state index is 12.2. The third-order valence-electron chi connectivity index (χ3n) is 3.13. The third kappa shape index (κ3) is 2.95. The second-order valence-electron chi connectivity index (χ2n) is 4.59. The molecule has 1 amide bonds. The molecule has 0 aliphatic carbocycles. The summed E-state index contributed by atoms with van der Waals surface area (Å²) in [6.07, 6.45) is 3.38. The molecule has 0 saturated heterocycles. The minimum absolute atomic E-state index is 0.257. The number of rotatable bonds is 4. The van der Waals surface area contributed by atoms with Gasteiger partial charge in [-0.2, -0.15) is 5.10 Å². The molecule has 0 unspecified atom stereocenters. The molecule has 3 rings (SSSR count). The molecule has 0 aliphatic rings. The highest BCUT2D eigenvalue weighted by molar-refractivity contribution is 6.03. The fourth-order valence-electron chi connectivity index (χ4n) is 1.97. The van der Waals surface area contributed by atoms with Gasteiger partial charge in [0, 0.05) is 23.6 Å². The number of aromatic nitrogens is 3. The number of hydrogen-bond acceptors (Lipinski definition) is 4. The number of hydrogen-bond donors (Lipinski definition) is 2. The summed E-state index contributed by atoms with van der Waals surface area (Å²) in [5.74, 6) is 0.478. The summed E-state index contributed by atoms with van der Waals surface area (Å²) in [5, 5.41) is 9.66. The van der Waals surface area contributed by atoms with Gasteiger partial charge in [0.15, 0.2) is 0 Å². The van der Waals surface area contributed by atoms with Crippen molar-refractivity contribution in [2.45, 2.75) is 0 Å². The Bertz CT molecular complexity index is 766. The minimum atomic E-state index is -0.257. The van der Waals surface area contributed by atoms with Crippen LogP contribution in [0.3, 0.4) is 0 Å². The first-order valence-electron chi connectivity index (χ1n) is 6.67. The van der Waals surface area contributed by atoms with Crippen LogP contribution >= 0.6 is 0 Å². The van der Waals surface area contributed by atoms with E-state index in [1.165, 1.54) is 0 Å². The summed E-state index contributed by atoms with van der Waals surface area (Å²) in [7, 11) is 1.60. The normalized spacial score (nSPS) is 10.2. The molecule has 6 nitrogen and oxygen atoms in total. The van der Waals surface area contributed by atoms with Crippen LogP contribution in [0, 0.1) is 0 Å². The van der Waals surface area contributed by atoms with Crippen molar-refractivity contribution in [1.29, 1.82) is 0 Å². The number of nitrogens with one attached hydrogen (secondary N) is 2. The predicted octanol–water partition coefficient (Wildman–Crippen LogP) is 2.73. The van der Waals surface area contributed by atoms with Gasteiger partial charge in [-0.05, 0) is 42.5 Å². The Morgan fingerprint density at radius 1 is 1.23 bits per heavy atom. The largest absolute Gasteiger partial charge is 0.497 e. The van der Waals surface area contributed by atoms with Crippen LogP contribution in [0.1, 0.15) is 10.5 Å². The molecular weight excluding hydrogens is 280 g/mol. The molecule has 2 aromatic heterocycles. The quantitative estimate of drug-likeness (QED) is 0.775. The lowest BCUT2D eigenvalue weighted by atomic mass is 10.2. The molecule has 0 radical (unpaired) electrons. The summed E-state index contributed by atoms with van der Waals surface area (Å²) < 4.78 is 5.08. The van der Waals surface area contributed by atoms with Gasteiger partial charge >= 0.3 is 0 Å². The fraction of sp³-hybridized carbons (Fsp3) is 0.0625. The van der Waals surface area contributed by atoms with Crippen LogP contribution in [0.2, 0.25) is 0 Å². The van der Waals surface area contributed by atoms with Gasteiger partial charge in [-0.15, -0.1) is 0 Å². The first kappa shape index (κ1) is 13.8. The number of carbonyl (C=O) groups excluding carboxylic acids is 1. The van der Waals surface area contributed by atoms with Crippen LogP contribution in [-0.2, 0) is 0 Å². The van der Waals surface area contributed by atoms with E-state index in [9.17, 15) is 4.79 Å². The summed E-state index contributed by atoms with van der Waals surface area (Å²) in [4.78, 5) is 16.2. The van der Waals surface area contributed by atoms with Crippen molar-refractivity contribution in [3.05, 3.63) is 60.6 Å². The van der Waals surface area contributed by atoms with Gasteiger partial charge in [0.1, 0.15) is 11.4 Å². The van der Waals surface area contributed by atoms with E-state index in [0.717, 1.165) is 11.3 Å². The van der Waals surface area contributed by atoms with Crippen molar-refractivity contribution in [2.24, 2.45) is 0 Å². The second-order valence-corrected chi connectivity index (χ2v) is 4.59. The van der Waals surface area contributed by atoms with Gasteiger partial charge in [0.25, 0.3) is 5.91 Å². The number of nitrogens with zero attached hydrogens (tertiary/aromatic N) is 2. The Balaban J connectivity index is 1.74. The first-order chi connectivity index (χ1) is 10.8. The molecule has 3 aromatic rings. The maximum atomic E-state index is 12.2. The van der Waals surface area contributed by atoms with E-state index >= 15 is 0 Å². The molecule has 22 heavy (non-hydrogen) atoms. The van der Waals surface area contributed by atoms with Crippen LogP contribution in [0.25, 0.3) is 11.3 Å². The molecule has 0 atom stereocenters. The van der Waals surface area contributed by atoms with E-state index in [1.807, 2.05) is 12.1 Å². The summed E-state index contributed by atoms with van der Waals surface area (Å²) in [5.41, 5.74) is 2.59. The van der Waals surface area contributed by atoms with Gasteiger partial charge in [-0.25, -0.2) is 0 Å². The Kier molecular flexibility index (Phi) is 3.82. The number of benzene rings is 1. The van der Waals surface area contributed by atoms with Gasteiger partial charge in [-0.3, -0.25) is 14.9 Å². The minimum Gasteiger partial charge on any atom is -0.497 e. The third-order valence-corrected chi connectivity index (χ3v) is 3.13. The van der Waals surface area contributed by atoms with Crippen LogP contribution in [0.4, 0.5) is 5.69 Å². The Labute approximate surface area is 127 Å². The number of anilines is 1. The van der Waals surface area contributed by atoms with E-state index in [0.29, 0.717) is 17.1 Å². The van der Waals surface area contributed by atoms with Crippen LogP contribution in [-0.4, -0.2) is 28.2 Å². The van der Waals surface area contributed by atoms with Gasteiger partial charge in [0.2, 0.25) is 0 Å². The molecule has 0 aliphatic heterocycles. The van der Waals surface area contributed by atoms with Gasteiger partial charge in [0.05, 0.1) is 12.8 Å². The van der Waals surface area contributed by atoms with Crippen molar-refractivity contribution in [1.82, 2.24) is 15.2 Å². The lowest BCUT2D eigenvalue weighted by molar-refractivity contribution is 0.102. The number of carbonyl (C=O) groups is 1. The van der Waals surface area contributed by atoms with Crippen molar-refractivity contribution in [3.8, 4) is 17.0 Å². The summed E-state index contributed by atoms with van der Waals surface area (Å²) in [6, 6.07) is 12.5. The van der Waals surface area contributed by atoms with Crippen LogP contribution < -0.4 is 10.1 Å². The highest BCUT2D eigenvalue weighted by Gasteiger charge is 2.11. The van der Waals surface area contributed by atoms with E-state index in [2.05, 4.69) is 20.5 Å². The number of amides is 1. The molecule has 1 aromatic carbocycles. The molecule has 0 bridgehead atoms. The average molecular weight is 294 g/mol. The zero-order chi connectivity index (χ0) is 15.4. The smallest absolute Gasteiger partial charge is 0.273 e. The number of aromatic amines is 1. The van der Waals surface area contributed by atoms with E-state index in [-0.39, 0.29) is 5.91 Å². The Morgan fingerprint density at radius 2 is 2.05 bits per heavy atom. The Morgan fingerprint density at radius 3 is 2.73 bits per heavy atom. The fourth-order valence-corrected chi connectivity index (χ4v) is 1.97. The molecule has 0 fully saturated rings. The van der Waals surface area contributed by atoms with Crippen LogP contribution in [0.15, 0.2) is 54.9 Å². The molecule has 2 heterocycles. The summed E-state index contributed by atoms with van der Waals surface area (Å²) in [6.45, 7) is 0. The zero-order valence-corrected chi connectivity index (χ0v) is 11.9. The molecular formula is C16H14N4O2. The zero-order valence-electron chi connectivity index (χ0n) is 11.9. The predicted molar refractivity (Wildman–Crippen MR) is 82.8 cm³/mol. The van der Waals surface area contributed by atoms with Crippen molar-refractivity contribution >= 4 is 11.6 Å². The molecule has 0 saturated carbocycles. The summed E-state index contributed by atoms with van der Waals surface area (Å²) >= 11 is 0. The van der Waals surface area contributed by atoms with Crippen molar-refractivity contribution < 1.29 is 9.53 Å². The SMILES string of the molecule is COc1ccc(NC(=O)c2cc(-c3cccnc3)n[nH]2)cc1. The lowest BCUT2D eigenvalue weighted by Crippen LogP contribution is -2.12. The van der Waals surface area contributed by atoms with Gasteiger partial charge < -0.3 is 10.1 Å². The molecule has 110 valence electrons. The number of methoxy groups -OCH3 is 1. The van der Waals surface area contributed by atoms with E-state index in [1.54, 1.807) is 49.8 Å². The molecule has 6 heteroatoms.